The molecule has 2 amide bonds. The summed E-state index contributed by atoms with van der Waals surface area (Å²) in [6.45, 7) is 3.74. The predicted octanol–water partition coefficient (Wildman–Crippen LogP) is 3.22. The largest absolute Gasteiger partial charge is 0.360 e. The van der Waals surface area contributed by atoms with E-state index < -0.39 is 0 Å². The number of benzene rings is 1. The molecule has 3 heterocycles. The van der Waals surface area contributed by atoms with Crippen LogP contribution in [0.3, 0.4) is 0 Å². The van der Waals surface area contributed by atoms with Gasteiger partial charge in [-0.1, -0.05) is 23.4 Å². The number of fused-ring (bicyclic) bond motifs is 1. The van der Waals surface area contributed by atoms with Gasteiger partial charge in [-0.25, -0.2) is 0 Å². The molecular weight excluding hydrogens is 344 g/mol. The van der Waals surface area contributed by atoms with Crippen molar-refractivity contribution in [3.05, 3.63) is 71.2 Å². The Bertz CT molecular complexity index is 1030. The van der Waals surface area contributed by atoms with E-state index in [4.69, 9.17) is 4.52 Å². The van der Waals surface area contributed by atoms with Crippen LogP contribution in [0.1, 0.15) is 39.1 Å². The van der Waals surface area contributed by atoms with Crippen molar-refractivity contribution in [2.24, 2.45) is 0 Å². The smallest absolute Gasteiger partial charge is 0.277 e. The second-order valence-electron chi connectivity index (χ2n) is 6.56. The number of para-hydroxylation sites is 1. The van der Waals surface area contributed by atoms with Crippen LogP contribution in [-0.2, 0) is 6.42 Å². The Hall–Kier alpha value is -3.48. The fraction of sp³-hybridized carbons (Fsp3) is 0.200. The quantitative estimate of drug-likeness (QED) is 0.773. The highest BCUT2D eigenvalue weighted by molar-refractivity contribution is 6.09. The van der Waals surface area contributed by atoms with Crippen LogP contribution in [0.4, 0.5) is 11.5 Å². The Balaban J connectivity index is 1.59. The van der Waals surface area contributed by atoms with E-state index in [1.807, 2.05) is 31.2 Å². The minimum atomic E-state index is -0.380. The van der Waals surface area contributed by atoms with Gasteiger partial charge in [-0.15, -0.1) is 0 Å². The molecule has 1 aliphatic rings. The standard InChI is InChI=1S/C20H18N4O3/c1-12-9-14-5-3-4-6-17(14)24(12)20(26)16-11-15(7-8-21-16)19(25)22-18-10-13(2)27-23-18/h3-8,10-12H,9H2,1-2H3,(H,22,23,25). The van der Waals surface area contributed by atoms with Gasteiger partial charge in [0, 0.05) is 29.6 Å². The van der Waals surface area contributed by atoms with Gasteiger partial charge in [0.2, 0.25) is 0 Å². The van der Waals surface area contributed by atoms with Crippen molar-refractivity contribution >= 4 is 23.3 Å². The zero-order valence-corrected chi connectivity index (χ0v) is 15.0. The molecule has 7 nitrogen and oxygen atoms in total. The van der Waals surface area contributed by atoms with Crippen molar-refractivity contribution in [2.75, 3.05) is 10.2 Å². The molecule has 7 heteroatoms. The van der Waals surface area contributed by atoms with Gasteiger partial charge in [-0.3, -0.25) is 14.6 Å². The topological polar surface area (TPSA) is 88.3 Å². The summed E-state index contributed by atoms with van der Waals surface area (Å²) in [6, 6.07) is 12.5. The number of hydrogen-bond acceptors (Lipinski definition) is 5. The number of nitrogens with zero attached hydrogens (tertiary/aromatic N) is 3. The molecule has 1 N–H and O–H groups in total. The SMILES string of the molecule is Cc1cc(NC(=O)c2ccnc(C(=O)N3c4ccccc4CC3C)c2)no1. The lowest BCUT2D eigenvalue weighted by Crippen LogP contribution is -2.36. The first-order valence-corrected chi connectivity index (χ1v) is 8.65. The van der Waals surface area contributed by atoms with Gasteiger partial charge in [-0.2, -0.15) is 0 Å². The zero-order chi connectivity index (χ0) is 19.0. The monoisotopic (exact) mass is 362 g/mol. The molecule has 1 unspecified atom stereocenters. The number of amides is 2. The Morgan fingerprint density at radius 3 is 2.81 bits per heavy atom. The van der Waals surface area contributed by atoms with Gasteiger partial charge in [-0.05, 0) is 44.0 Å². The lowest BCUT2D eigenvalue weighted by Gasteiger charge is -2.22. The van der Waals surface area contributed by atoms with E-state index >= 15 is 0 Å². The van der Waals surface area contributed by atoms with Crippen LogP contribution < -0.4 is 10.2 Å². The van der Waals surface area contributed by atoms with Crippen LogP contribution in [0.25, 0.3) is 0 Å². The van der Waals surface area contributed by atoms with Crippen LogP contribution in [-0.4, -0.2) is 28.0 Å². The molecule has 136 valence electrons. The maximum atomic E-state index is 13.1. The lowest BCUT2D eigenvalue weighted by molar-refractivity contribution is 0.0976. The number of aryl methyl sites for hydroxylation is 1. The molecule has 0 saturated heterocycles. The highest BCUT2D eigenvalue weighted by atomic mass is 16.5. The van der Waals surface area contributed by atoms with Crippen molar-refractivity contribution in [1.82, 2.24) is 10.1 Å². The maximum Gasteiger partial charge on any atom is 0.277 e. The number of aromatic nitrogens is 2. The molecule has 0 saturated carbocycles. The first-order chi connectivity index (χ1) is 13.0. The van der Waals surface area contributed by atoms with Crippen molar-refractivity contribution in [2.45, 2.75) is 26.3 Å². The fourth-order valence-corrected chi connectivity index (χ4v) is 3.30. The zero-order valence-electron chi connectivity index (χ0n) is 15.0. The van der Waals surface area contributed by atoms with Gasteiger partial charge in [0.1, 0.15) is 11.5 Å². The first-order valence-electron chi connectivity index (χ1n) is 8.65. The van der Waals surface area contributed by atoms with Crippen LogP contribution in [0, 0.1) is 6.92 Å². The third-order valence-corrected chi connectivity index (χ3v) is 4.54. The van der Waals surface area contributed by atoms with Gasteiger partial charge in [0.25, 0.3) is 11.8 Å². The summed E-state index contributed by atoms with van der Waals surface area (Å²) >= 11 is 0. The minimum Gasteiger partial charge on any atom is -0.360 e. The third kappa shape index (κ3) is 3.19. The molecule has 27 heavy (non-hydrogen) atoms. The lowest BCUT2D eigenvalue weighted by atomic mass is 10.1. The molecule has 0 bridgehead atoms. The van der Waals surface area contributed by atoms with E-state index in [0.29, 0.717) is 17.1 Å². The van der Waals surface area contributed by atoms with Crippen molar-refractivity contribution < 1.29 is 14.1 Å². The predicted molar refractivity (Wildman–Crippen MR) is 99.8 cm³/mol. The molecule has 1 atom stereocenters. The van der Waals surface area contributed by atoms with Crippen LogP contribution in [0.2, 0.25) is 0 Å². The molecular formula is C20H18N4O3. The summed E-state index contributed by atoms with van der Waals surface area (Å²) in [7, 11) is 0. The summed E-state index contributed by atoms with van der Waals surface area (Å²) < 4.78 is 4.94. The average molecular weight is 362 g/mol. The van der Waals surface area contributed by atoms with Gasteiger partial charge in [0.15, 0.2) is 5.82 Å². The number of hydrogen-bond donors (Lipinski definition) is 1. The van der Waals surface area contributed by atoms with E-state index in [-0.39, 0.29) is 23.6 Å². The van der Waals surface area contributed by atoms with E-state index in [0.717, 1.165) is 17.7 Å². The van der Waals surface area contributed by atoms with Crippen molar-refractivity contribution in [3.63, 3.8) is 0 Å². The highest BCUT2D eigenvalue weighted by Crippen LogP contribution is 2.32. The summed E-state index contributed by atoms with van der Waals surface area (Å²) in [4.78, 5) is 31.4. The van der Waals surface area contributed by atoms with Gasteiger partial charge >= 0.3 is 0 Å². The van der Waals surface area contributed by atoms with E-state index in [9.17, 15) is 9.59 Å². The molecule has 0 fully saturated rings. The van der Waals surface area contributed by atoms with E-state index in [1.54, 1.807) is 24.0 Å². The molecule has 0 aliphatic carbocycles. The number of carbonyl (C=O) groups is 2. The number of pyridine rings is 1. The summed E-state index contributed by atoms with van der Waals surface area (Å²) in [6.07, 6.45) is 2.26. The maximum absolute atomic E-state index is 13.1. The van der Waals surface area contributed by atoms with Gasteiger partial charge in [0.05, 0.1) is 0 Å². The number of nitrogens with one attached hydrogen (secondary N) is 1. The molecule has 1 aliphatic heterocycles. The molecule has 2 aromatic heterocycles. The van der Waals surface area contributed by atoms with Crippen LogP contribution >= 0.6 is 0 Å². The molecule has 0 spiro atoms. The minimum absolute atomic E-state index is 0.0345. The number of rotatable bonds is 3. The third-order valence-electron chi connectivity index (χ3n) is 4.54. The van der Waals surface area contributed by atoms with Crippen LogP contribution in [0.5, 0.6) is 0 Å². The second-order valence-corrected chi connectivity index (χ2v) is 6.56. The van der Waals surface area contributed by atoms with Crippen LogP contribution in [0.15, 0.2) is 53.2 Å². The normalized spacial score (nSPS) is 15.5. The second kappa shape index (κ2) is 6.68. The van der Waals surface area contributed by atoms with Gasteiger partial charge < -0.3 is 14.7 Å². The number of anilines is 2. The fourth-order valence-electron chi connectivity index (χ4n) is 3.30. The Morgan fingerprint density at radius 1 is 1.22 bits per heavy atom. The number of carbonyl (C=O) groups excluding carboxylic acids is 2. The Labute approximate surface area is 156 Å². The summed E-state index contributed by atoms with van der Waals surface area (Å²) in [5.41, 5.74) is 2.58. The van der Waals surface area contributed by atoms with Crippen molar-refractivity contribution in [3.8, 4) is 0 Å². The molecule has 1 aromatic carbocycles. The Morgan fingerprint density at radius 2 is 2.04 bits per heavy atom. The Kier molecular flexibility index (Phi) is 4.19. The molecule has 4 rings (SSSR count). The first kappa shape index (κ1) is 17.0. The van der Waals surface area contributed by atoms with E-state index in [1.165, 1.54) is 12.3 Å². The van der Waals surface area contributed by atoms with Crippen molar-refractivity contribution in [1.29, 1.82) is 0 Å². The molecule has 0 radical (unpaired) electrons. The van der Waals surface area contributed by atoms with E-state index in [2.05, 4.69) is 15.5 Å². The molecule has 3 aromatic rings. The summed E-state index contributed by atoms with van der Waals surface area (Å²) in [5, 5.41) is 6.38. The summed E-state index contributed by atoms with van der Waals surface area (Å²) in [5.74, 6) is 0.316. The highest BCUT2D eigenvalue weighted by Gasteiger charge is 2.32. The average Bonchev–Trinajstić information content (AvgIpc) is 3.23.